The molecule has 0 aromatic heterocycles. The van der Waals surface area contributed by atoms with Crippen LogP contribution in [0.3, 0.4) is 0 Å². The van der Waals surface area contributed by atoms with E-state index in [0.717, 1.165) is 45.7 Å². The number of hydrogen-bond acceptors (Lipinski definition) is 3. The maximum Gasteiger partial charge on any atom is 0.107 e. The van der Waals surface area contributed by atoms with Crippen LogP contribution in [-0.4, -0.2) is 49.5 Å². The molecule has 2 atom stereocenters. The molecular weight excluding hydrogens is 214 g/mol. The van der Waals surface area contributed by atoms with Crippen LogP contribution in [0.2, 0.25) is 0 Å². The van der Waals surface area contributed by atoms with Gasteiger partial charge in [-0.25, -0.2) is 0 Å². The number of morpholine rings is 1. The lowest BCUT2D eigenvalue weighted by molar-refractivity contribution is -0.152. The Morgan fingerprint density at radius 1 is 1.47 bits per heavy atom. The monoisotopic (exact) mass is 239 g/mol. The van der Waals surface area contributed by atoms with Gasteiger partial charge in [0.15, 0.2) is 0 Å². The SMILES string of the molecule is CC[C@@H]1CN(CC=C(C)C)C[C@@]2(CCOC2)O1. The van der Waals surface area contributed by atoms with Gasteiger partial charge in [-0.2, -0.15) is 0 Å². The lowest BCUT2D eigenvalue weighted by Crippen LogP contribution is -2.55. The van der Waals surface area contributed by atoms with E-state index in [1.807, 2.05) is 0 Å². The fraction of sp³-hybridized carbons (Fsp3) is 0.857. The molecule has 2 heterocycles. The zero-order chi connectivity index (χ0) is 12.3. The Labute approximate surface area is 105 Å². The minimum atomic E-state index is -0.0194. The Hall–Kier alpha value is -0.380. The second kappa shape index (κ2) is 5.51. The van der Waals surface area contributed by atoms with Crippen LogP contribution in [0, 0.1) is 0 Å². The first-order valence-electron chi connectivity index (χ1n) is 6.75. The van der Waals surface area contributed by atoms with Crippen molar-refractivity contribution < 1.29 is 9.47 Å². The molecule has 0 radical (unpaired) electrons. The van der Waals surface area contributed by atoms with Crippen molar-refractivity contribution in [1.29, 1.82) is 0 Å². The summed E-state index contributed by atoms with van der Waals surface area (Å²) in [4.78, 5) is 2.51. The van der Waals surface area contributed by atoms with E-state index in [0.29, 0.717) is 6.10 Å². The minimum Gasteiger partial charge on any atom is -0.378 e. The highest BCUT2D eigenvalue weighted by Gasteiger charge is 2.42. The van der Waals surface area contributed by atoms with E-state index in [2.05, 4.69) is 31.7 Å². The van der Waals surface area contributed by atoms with E-state index in [4.69, 9.17) is 9.47 Å². The van der Waals surface area contributed by atoms with Crippen molar-refractivity contribution in [2.24, 2.45) is 0 Å². The van der Waals surface area contributed by atoms with Crippen molar-refractivity contribution in [3.8, 4) is 0 Å². The third-order valence-corrected chi connectivity index (χ3v) is 3.67. The number of ether oxygens (including phenoxy) is 2. The van der Waals surface area contributed by atoms with Crippen molar-refractivity contribution in [1.82, 2.24) is 4.90 Å². The second-order valence-corrected chi connectivity index (χ2v) is 5.61. The highest BCUT2D eigenvalue weighted by Crippen LogP contribution is 2.30. The highest BCUT2D eigenvalue weighted by atomic mass is 16.6. The van der Waals surface area contributed by atoms with E-state index in [-0.39, 0.29) is 5.60 Å². The van der Waals surface area contributed by atoms with Crippen molar-refractivity contribution in [3.05, 3.63) is 11.6 Å². The molecule has 2 fully saturated rings. The van der Waals surface area contributed by atoms with Gasteiger partial charge < -0.3 is 9.47 Å². The maximum atomic E-state index is 6.23. The van der Waals surface area contributed by atoms with Crippen LogP contribution >= 0.6 is 0 Å². The molecule has 2 aliphatic heterocycles. The average molecular weight is 239 g/mol. The van der Waals surface area contributed by atoms with Crippen molar-refractivity contribution in [3.63, 3.8) is 0 Å². The van der Waals surface area contributed by atoms with Gasteiger partial charge in [0.25, 0.3) is 0 Å². The molecule has 17 heavy (non-hydrogen) atoms. The Morgan fingerprint density at radius 3 is 2.88 bits per heavy atom. The van der Waals surface area contributed by atoms with Gasteiger partial charge in [0.05, 0.1) is 12.7 Å². The maximum absolute atomic E-state index is 6.23. The molecule has 0 unspecified atom stereocenters. The number of allylic oxidation sites excluding steroid dienone is 1. The molecule has 0 saturated carbocycles. The summed E-state index contributed by atoms with van der Waals surface area (Å²) >= 11 is 0. The van der Waals surface area contributed by atoms with Gasteiger partial charge in [0.1, 0.15) is 5.60 Å². The van der Waals surface area contributed by atoms with E-state index in [1.54, 1.807) is 0 Å². The van der Waals surface area contributed by atoms with Crippen molar-refractivity contribution >= 4 is 0 Å². The quantitative estimate of drug-likeness (QED) is 0.705. The summed E-state index contributed by atoms with van der Waals surface area (Å²) in [6, 6.07) is 0. The Kier molecular flexibility index (Phi) is 4.23. The van der Waals surface area contributed by atoms with Crippen molar-refractivity contribution in [2.45, 2.75) is 45.3 Å². The van der Waals surface area contributed by atoms with Crippen LogP contribution in [-0.2, 0) is 9.47 Å². The molecule has 2 rings (SSSR count). The third kappa shape index (κ3) is 3.30. The fourth-order valence-electron chi connectivity index (χ4n) is 2.66. The topological polar surface area (TPSA) is 21.7 Å². The Morgan fingerprint density at radius 2 is 2.29 bits per heavy atom. The lowest BCUT2D eigenvalue weighted by atomic mass is 9.98. The van der Waals surface area contributed by atoms with Crippen LogP contribution in [0.1, 0.15) is 33.6 Å². The first kappa shape index (κ1) is 13.1. The summed E-state index contributed by atoms with van der Waals surface area (Å²) in [5.74, 6) is 0. The van der Waals surface area contributed by atoms with Gasteiger partial charge in [-0.1, -0.05) is 18.6 Å². The molecule has 0 N–H and O–H groups in total. The Balaban J connectivity index is 1.99. The summed E-state index contributed by atoms with van der Waals surface area (Å²) < 4.78 is 11.8. The van der Waals surface area contributed by atoms with Crippen LogP contribution in [0.15, 0.2) is 11.6 Å². The zero-order valence-electron chi connectivity index (χ0n) is 11.4. The molecule has 2 saturated heterocycles. The van der Waals surface area contributed by atoms with Crippen LogP contribution < -0.4 is 0 Å². The second-order valence-electron chi connectivity index (χ2n) is 5.61. The Bertz CT molecular complexity index is 278. The molecule has 1 spiro atoms. The minimum absolute atomic E-state index is 0.0194. The van der Waals surface area contributed by atoms with Gasteiger partial charge in [-0.3, -0.25) is 4.90 Å². The third-order valence-electron chi connectivity index (χ3n) is 3.67. The van der Waals surface area contributed by atoms with E-state index in [1.165, 1.54) is 5.57 Å². The largest absolute Gasteiger partial charge is 0.378 e. The van der Waals surface area contributed by atoms with Gasteiger partial charge >= 0.3 is 0 Å². The molecule has 0 aliphatic carbocycles. The lowest BCUT2D eigenvalue weighted by Gasteiger charge is -2.43. The van der Waals surface area contributed by atoms with Crippen LogP contribution in [0.25, 0.3) is 0 Å². The predicted octanol–water partition coefficient (Wildman–Crippen LogP) is 2.22. The van der Waals surface area contributed by atoms with E-state index >= 15 is 0 Å². The molecule has 0 amide bonds. The van der Waals surface area contributed by atoms with Gasteiger partial charge in [0.2, 0.25) is 0 Å². The highest BCUT2D eigenvalue weighted by molar-refractivity contribution is 4.99. The van der Waals surface area contributed by atoms with Gasteiger partial charge in [0, 0.05) is 32.7 Å². The average Bonchev–Trinajstić information content (AvgIpc) is 2.73. The molecule has 0 aromatic carbocycles. The van der Waals surface area contributed by atoms with Gasteiger partial charge in [-0.05, 0) is 20.3 Å². The van der Waals surface area contributed by atoms with Crippen LogP contribution in [0.4, 0.5) is 0 Å². The van der Waals surface area contributed by atoms with Gasteiger partial charge in [-0.15, -0.1) is 0 Å². The summed E-state index contributed by atoms with van der Waals surface area (Å²) in [5, 5.41) is 0. The first-order valence-corrected chi connectivity index (χ1v) is 6.75. The van der Waals surface area contributed by atoms with Crippen LogP contribution in [0.5, 0.6) is 0 Å². The fourth-order valence-corrected chi connectivity index (χ4v) is 2.66. The normalized spacial score (nSPS) is 34.2. The van der Waals surface area contributed by atoms with E-state index < -0.39 is 0 Å². The molecule has 3 nitrogen and oxygen atoms in total. The zero-order valence-corrected chi connectivity index (χ0v) is 11.4. The molecule has 2 aliphatic rings. The smallest absolute Gasteiger partial charge is 0.107 e. The first-order chi connectivity index (χ1) is 8.13. The molecule has 0 aromatic rings. The number of rotatable bonds is 3. The van der Waals surface area contributed by atoms with Crippen molar-refractivity contribution in [2.75, 3.05) is 32.8 Å². The van der Waals surface area contributed by atoms with E-state index in [9.17, 15) is 0 Å². The predicted molar refractivity (Wildman–Crippen MR) is 69.2 cm³/mol. The standard InChI is InChI=1S/C14H25NO2/c1-4-13-9-15(7-5-12(2)3)10-14(17-13)6-8-16-11-14/h5,13H,4,6-11H2,1-3H3/t13-,14-/m1/s1. The summed E-state index contributed by atoms with van der Waals surface area (Å²) in [6.45, 7) is 11.3. The summed E-state index contributed by atoms with van der Waals surface area (Å²) in [7, 11) is 0. The molecular formula is C14H25NO2. The number of nitrogens with zero attached hydrogens (tertiary/aromatic N) is 1. The summed E-state index contributed by atoms with van der Waals surface area (Å²) in [6.07, 6.45) is 4.82. The summed E-state index contributed by atoms with van der Waals surface area (Å²) in [5.41, 5.74) is 1.37. The molecule has 3 heteroatoms. The molecule has 0 bridgehead atoms. The number of hydrogen-bond donors (Lipinski definition) is 0. The molecule has 98 valence electrons.